The van der Waals surface area contributed by atoms with Gasteiger partial charge in [0, 0.05) is 10.6 Å². The van der Waals surface area contributed by atoms with Crippen molar-refractivity contribution in [3.05, 3.63) is 16.3 Å². The lowest BCUT2D eigenvalue weighted by molar-refractivity contribution is 0.0603. The second-order valence-electron chi connectivity index (χ2n) is 2.18. The summed E-state index contributed by atoms with van der Waals surface area (Å²) in [7, 11) is 1.36. The molecule has 3 nitrogen and oxygen atoms in total. The van der Waals surface area contributed by atoms with E-state index in [2.05, 4.69) is 4.74 Å². The smallest absolute Gasteiger partial charge is 0.349 e. The molecule has 1 aromatic heterocycles. The summed E-state index contributed by atoms with van der Waals surface area (Å²) >= 11 is 2.81. The molecule has 13 heavy (non-hydrogen) atoms. The van der Waals surface area contributed by atoms with Crippen molar-refractivity contribution in [1.29, 1.82) is 0 Å². The fraction of sp³-hybridized carbons (Fsp3) is 0.375. The van der Waals surface area contributed by atoms with Gasteiger partial charge in [0.1, 0.15) is 4.88 Å². The Balaban J connectivity index is 2.71. The third kappa shape index (κ3) is 2.72. The highest BCUT2D eigenvalue weighted by Crippen LogP contribution is 2.27. The number of carbonyl (C=O) groups is 1. The van der Waals surface area contributed by atoms with E-state index in [0.717, 1.165) is 4.90 Å². The molecule has 0 unspecified atom stereocenters. The van der Waals surface area contributed by atoms with Crippen LogP contribution in [0.1, 0.15) is 9.67 Å². The van der Waals surface area contributed by atoms with Crippen LogP contribution in [0.2, 0.25) is 0 Å². The van der Waals surface area contributed by atoms with Gasteiger partial charge in [0.05, 0.1) is 13.7 Å². The van der Waals surface area contributed by atoms with Gasteiger partial charge in [-0.3, -0.25) is 0 Å². The highest BCUT2D eigenvalue weighted by atomic mass is 32.2. The zero-order valence-corrected chi connectivity index (χ0v) is 8.78. The minimum atomic E-state index is -0.310. The summed E-state index contributed by atoms with van der Waals surface area (Å²) in [6.45, 7) is 0.112. The molecule has 0 aliphatic carbocycles. The van der Waals surface area contributed by atoms with Gasteiger partial charge in [0.15, 0.2) is 0 Å². The summed E-state index contributed by atoms with van der Waals surface area (Å²) in [6, 6.07) is 1.86. The van der Waals surface area contributed by atoms with Crippen LogP contribution in [0, 0.1) is 0 Å². The summed E-state index contributed by atoms with van der Waals surface area (Å²) in [5, 5.41) is 10.5. The normalized spacial score (nSPS) is 10.0. The van der Waals surface area contributed by atoms with Crippen LogP contribution in [0.5, 0.6) is 0 Å². The summed E-state index contributed by atoms with van der Waals surface area (Å²) in [5.41, 5.74) is 0. The molecule has 1 heterocycles. The molecule has 5 heteroatoms. The van der Waals surface area contributed by atoms with E-state index < -0.39 is 0 Å². The van der Waals surface area contributed by atoms with Crippen molar-refractivity contribution in [3.63, 3.8) is 0 Å². The Morgan fingerprint density at radius 3 is 3.15 bits per heavy atom. The number of thioether (sulfide) groups is 1. The monoisotopic (exact) mass is 218 g/mol. The van der Waals surface area contributed by atoms with Crippen molar-refractivity contribution in [1.82, 2.24) is 0 Å². The summed E-state index contributed by atoms with van der Waals surface area (Å²) < 4.78 is 4.61. The predicted molar refractivity (Wildman–Crippen MR) is 53.5 cm³/mol. The molecular weight excluding hydrogens is 208 g/mol. The molecule has 0 fully saturated rings. The Kier molecular flexibility index (Phi) is 4.27. The fourth-order valence-corrected chi connectivity index (χ4v) is 2.61. The van der Waals surface area contributed by atoms with Crippen LogP contribution >= 0.6 is 23.1 Å². The first kappa shape index (κ1) is 10.6. The predicted octanol–water partition coefficient (Wildman–Crippen LogP) is 1.62. The summed E-state index contributed by atoms with van der Waals surface area (Å²) in [5.74, 6) is 0.288. The Labute approximate surface area is 84.7 Å². The van der Waals surface area contributed by atoms with Crippen molar-refractivity contribution >= 4 is 29.1 Å². The van der Waals surface area contributed by atoms with E-state index in [1.165, 1.54) is 30.2 Å². The number of carbonyl (C=O) groups excluding carboxylic acids is 1. The maximum absolute atomic E-state index is 11.2. The topological polar surface area (TPSA) is 46.5 Å². The van der Waals surface area contributed by atoms with Gasteiger partial charge in [-0.1, -0.05) is 0 Å². The number of thiophene rings is 1. The van der Waals surface area contributed by atoms with E-state index in [4.69, 9.17) is 5.11 Å². The lowest BCUT2D eigenvalue weighted by Crippen LogP contribution is -1.99. The molecule has 0 radical (unpaired) electrons. The molecular formula is C8H10O3S2. The van der Waals surface area contributed by atoms with Crippen molar-refractivity contribution in [2.24, 2.45) is 0 Å². The first-order valence-corrected chi connectivity index (χ1v) is 5.55. The molecule has 0 atom stereocenters. The first-order chi connectivity index (χ1) is 6.29. The van der Waals surface area contributed by atoms with Crippen LogP contribution in [0.3, 0.4) is 0 Å². The van der Waals surface area contributed by atoms with E-state index in [0.29, 0.717) is 10.6 Å². The van der Waals surface area contributed by atoms with Crippen molar-refractivity contribution in [2.75, 3.05) is 19.5 Å². The van der Waals surface area contributed by atoms with Crippen LogP contribution in [-0.2, 0) is 4.74 Å². The number of hydrogen-bond acceptors (Lipinski definition) is 5. The summed E-state index contributed by atoms with van der Waals surface area (Å²) in [4.78, 5) is 12.7. The van der Waals surface area contributed by atoms with Crippen LogP contribution in [-0.4, -0.2) is 30.5 Å². The van der Waals surface area contributed by atoms with Gasteiger partial charge in [-0.15, -0.1) is 23.1 Å². The SMILES string of the molecule is COC(=O)c1sccc1SCCO. The van der Waals surface area contributed by atoms with Crippen LogP contribution in [0.15, 0.2) is 16.3 Å². The Hall–Kier alpha value is -0.520. The number of rotatable bonds is 4. The van der Waals surface area contributed by atoms with Gasteiger partial charge >= 0.3 is 5.97 Å². The number of aliphatic hydroxyl groups excluding tert-OH is 1. The van der Waals surface area contributed by atoms with Gasteiger partial charge < -0.3 is 9.84 Å². The van der Waals surface area contributed by atoms with Gasteiger partial charge in [-0.2, -0.15) is 0 Å². The summed E-state index contributed by atoms with van der Waals surface area (Å²) in [6.07, 6.45) is 0. The zero-order valence-electron chi connectivity index (χ0n) is 7.15. The van der Waals surface area contributed by atoms with E-state index in [-0.39, 0.29) is 12.6 Å². The third-order valence-electron chi connectivity index (χ3n) is 1.35. The van der Waals surface area contributed by atoms with Gasteiger partial charge in [-0.25, -0.2) is 4.79 Å². The Bertz CT molecular complexity index is 283. The minimum absolute atomic E-state index is 0.112. The largest absolute Gasteiger partial charge is 0.465 e. The molecule has 0 bridgehead atoms. The molecule has 0 aliphatic rings. The van der Waals surface area contributed by atoms with Crippen LogP contribution < -0.4 is 0 Å². The van der Waals surface area contributed by atoms with Crippen LogP contribution in [0.4, 0.5) is 0 Å². The highest BCUT2D eigenvalue weighted by Gasteiger charge is 2.12. The fourth-order valence-electron chi connectivity index (χ4n) is 0.808. The van der Waals surface area contributed by atoms with Crippen molar-refractivity contribution < 1.29 is 14.6 Å². The van der Waals surface area contributed by atoms with Gasteiger partial charge in [0.25, 0.3) is 0 Å². The molecule has 0 amide bonds. The van der Waals surface area contributed by atoms with Crippen molar-refractivity contribution in [3.8, 4) is 0 Å². The number of aliphatic hydroxyl groups is 1. The first-order valence-electron chi connectivity index (χ1n) is 3.69. The molecule has 0 aromatic carbocycles. The lowest BCUT2D eigenvalue weighted by Gasteiger charge is -1.99. The van der Waals surface area contributed by atoms with E-state index >= 15 is 0 Å². The van der Waals surface area contributed by atoms with Gasteiger partial charge in [0.2, 0.25) is 0 Å². The number of esters is 1. The van der Waals surface area contributed by atoms with Gasteiger partial charge in [-0.05, 0) is 11.4 Å². The molecule has 72 valence electrons. The second kappa shape index (κ2) is 5.26. The second-order valence-corrected chi connectivity index (χ2v) is 4.23. The van der Waals surface area contributed by atoms with Crippen molar-refractivity contribution in [2.45, 2.75) is 4.90 Å². The maximum atomic E-state index is 11.2. The van der Waals surface area contributed by atoms with E-state index in [1.54, 1.807) is 0 Å². The quantitative estimate of drug-likeness (QED) is 0.616. The standard InChI is InChI=1S/C8H10O3S2/c1-11-8(10)7-6(2-4-13-7)12-5-3-9/h2,4,9H,3,5H2,1H3. The van der Waals surface area contributed by atoms with E-state index in [9.17, 15) is 4.79 Å². The average Bonchev–Trinajstić information content (AvgIpc) is 2.61. The molecule has 1 aromatic rings. The maximum Gasteiger partial charge on any atom is 0.349 e. The molecule has 0 aliphatic heterocycles. The highest BCUT2D eigenvalue weighted by molar-refractivity contribution is 7.99. The zero-order chi connectivity index (χ0) is 9.68. The Morgan fingerprint density at radius 1 is 1.77 bits per heavy atom. The number of methoxy groups -OCH3 is 1. The molecule has 0 saturated heterocycles. The average molecular weight is 218 g/mol. The van der Waals surface area contributed by atoms with Crippen LogP contribution in [0.25, 0.3) is 0 Å². The van der Waals surface area contributed by atoms with E-state index in [1.807, 2.05) is 11.4 Å². The number of hydrogen-bond donors (Lipinski definition) is 1. The Morgan fingerprint density at radius 2 is 2.54 bits per heavy atom. The molecule has 0 saturated carbocycles. The molecule has 1 rings (SSSR count). The molecule has 0 spiro atoms. The minimum Gasteiger partial charge on any atom is -0.465 e. The third-order valence-corrected chi connectivity index (χ3v) is 3.41. The lowest BCUT2D eigenvalue weighted by atomic mass is 10.5. The molecule has 1 N–H and O–H groups in total. The number of ether oxygens (including phenoxy) is 1.